The molecular formula is C13H15N3O2. The largest absolute Gasteiger partial charge is 0.477 e. The third-order valence-corrected chi connectivity index (χ3v) is 3.49. The quantitative estimate of drug-likeness (QED) is 0.612. The van der Waals surface area contributed by atoms with Gasteiger partial charge in [-0.1, -0.05) is 0 Å². The minimum absolute atomic E-state index is 0.0816. The number of rotatable bonds is 1. The van der Waals surface area contributed by atoms with Gasteiger partial charge < -0.3 is 21.1 Å². The highest BCUT2D eigenvalue weighted by atomic mass is 16.4. The lowest BCUT2D eigenvalue weighted by Crippen LogP contribution is -2.11. The Hall–Kier alpha value is -2.01. The van der Waals surface area contributed by atoms with Gasteiger partial charge in [-0.15, -0.1) is 0 Å². The van der Waals surface area contributed by atoms with Crippen LogP contribution in [0.4, 0.5) is 5.69 Å². The fraction of sp³-hybridized carbons (Fsp3) is 0.308. The Kier molecular flexibility index (Phi) is 2.48. The number of H-pyrrole nitrogens is 1. The molecule has 5 nitrogen and oxygen atoms in total. The number of carboxylic acids is 1. The number of aromatic carboxylic acids is 1. The number of carboxylic acid groups (broad SMARTS) is 1. The van der Waals surface area contributed by atoms with E-state index in [1.807, 2.05) is 12.1 Å². The molecule has 0 fully saturated rings. The van der Waals surface area contributed by atoms with E-state index < -0.39 is 5.97 Å². The Morgan fingerprint density at radius 3 is 2.94 bits per heavy atom. The second-order valence-corrected chi connectivity index (χ2v) is 4.67. The Morgan fingerprint density at radius 2 is 2.17 bits per heavy atom. The van der Waals surface area contributed by atoms with Gasteiger partial charge in [0.1, 0.15) is 5.69 Å². The fourth-order valence-electron chi connectivity index (χ4n) is 2.55. The number of anilines is 1. The van der Waals surface area contributed by atoms with Crippen molar-refractivity contribution in [2.45, 2.75) is 19.4 Å². The third kappa shape index (κ3) is 1.64. The van der Waals surface area contributed by atoms with Gasteiger partial charge in [-0.2, -0.15) is 0 Å². The van der Waals surface area contributed by atoms with Crippen LogP contribution in [-0.4, -0.2) is 22.6 Å². The normalized spacial score (nSPS) is 15.3. The summed E-state index contributed by atoms with van der Waals surface area (Å²) in [4.78, 5) is 13.9. The fourth-order valence-corrected chi connectivity index (χ4v) is 2.55. The number of hydrogen-bond donors (Lipinski definition) is 4. The van der Waals surface area contributed by atoms with Crippen molar-refractivity contribution < 1.29 is 9.90 Å². The van der Waals surface area contributed by atoms with E-state index in [2.05, 4.69) is 10.3 Å². The Labute approximate surface area is 104 Å². The summed E-state index contributed by atoms with van der Waals surface area (Å²) in [5.41, 5.74) is 9.58. The number of nitrogens with two attached hydrogens (primary N) is 1. The number of nitrogens with one attached hydrogen (secondary N) is 2. The van der Waals surface area contributed by atoms with E-state index in [0.717, 1.165) is 36.8 Å². The average Bonchev–Trinajstić information content (AvgIpc) is 2.53. The predicted molar refractivity (Wildman–Crippen MR) is 69.7 cm³/mol. The number of hydrogen-bond acceptors (Lipinski definition) is 3. The molecule has 0 radical (unpaired) electrons. The van der Waals surface area contributed by atoms with Crippen LogP contribution in [0, 0.1) is 0 Å². The van der Waals surface area contributed by atoms with E-state index in [-0.39, 0.29) is 5.69 Å². The van der Waals surface area contributed by atoms with Gasteiger partial charge in [0.2, 0.25) is 0 Å². The molecule has 3 rings (SSSR count). The van der Waals surface area contributed by atoms with Gasteiger partial charge in [0, 0.05) is 17.4 Å². The van der Waals surface area contributed by atoms with Crippen molar-refractivity contribution in [1.82, 2.24) is 10.3 Å². The van der Waals surface area contributed by atoms with Crippen LogP contribution in [0.5, 0.6) is 0 Å². The maximum absolute atomic E-state index is 11.0. The van der Waals surface area contributed by atoms with Crippen LogP contribution in [0.2, 0.25) is 0 Å². The number of aryl methyl sites for hydroxylation is 1. The lowest BCUT2D eigenvalue weighted by molar-refractivity contribution is 0.0692. The third-order valence-electron chi connectivity index (χ3n) is 3.49. The van der Waals surface area contributed by atoms with Crippen LogP contribution in [-0.2, 0) is 13.0 Å². The minimum atomic E-state index is -1.02. The van der Waals surface area contributed by atoms with E-state index in [4.69, 9.17) is 10.8 Å². The molecule has 0 aliphatic carbocycles. The van der Waals surface area contributed by atoms with E-state index in [1.165, 1.54) is 11.1 Å². The summed E-state index contributed by atoms with van der Waals surface area (Å²) in [6, 6.07) is 4.03. The van der Waals surface area contributed by atoms with Gasteiger partial charge in [0.15, 0.2) is 0 Å². The van der Waals surface area contributed by atoms with Crippen LogP contribution in [0.15, 0.2) is 12.1 Å². The average molecular weight is 245 g/mol. The highest BCUT2D eigenvalue weighted by Crippen LogP contribution is 2.29. The first-order valence-electron chi connectivity index (χ1n) is 6.04. The lowest BCUT2D eigenvalue weighted by atomic mass is 10.0. The SMILES string of the molecule is Nc1c(C(=O)O)[nH]c2cc3c(cc12)CNCCC3. The molecule has 0 amide bonds. The standard InChI is InChI=1S/C13H15N3O2/c14-11-9-4-8-6-15-3-1-2-7(8)5-10(9)16-12(11)13(17)18/h4-5,15-16H,1-3,6,14H2,(H,17,18). The van der Waals surface area contributed by atoms with Gasteiger partial charge in [-0.05, 0) is 42.6 Å². The first-order chi connectivity index (χ1) is 8.66. The van der Waals surface area contributed by atoms with Crippen molar-refractivity contribution in [3.63, 3.8) is 0 Å². The summed E-state index contributed by atoms with van der Waals surface area (Å²) in [7, 11) is 0. The molecule has 0 saturated carbocycles. The van der Waals surface area contributed by atoms with Crippen LogP contribution < -0.4 is 11.1 Å². The summed E-state index contributed by atoms with van der Waals surface area (Å²) in [5, 5.41) is 13.2. The number of carbonyl (C=O) groups is 1. The predicted octanol–water partition coefficient (Wildman–Crippen LogP) is 1.48. The van der Waals surface area contributed by atoms with E-state index in [0.29, 0.717) is 5.69 Å². The highest BCUT2D eigenvalue weighted by Gasteiger charge is 2.17. The van der Waals surface area contributed by atoms with Crippen molar-refractivity contribution in [2.24, 2.45) is 0 Å². The number of nitrogen functional groups attached to an aromatic ring is 1. The molecule has 94 valence electrons. The topological polar surface area (TPSA) is 91.1 Å². The highest BCUT2D eigenvalue weighted by molar-refractivity contribution is 6.05. The monoisotopic (exact) mass is 245 g/mol. The molecule has 1 aromatic heterocycles. The van der Waals surface area contributed by atoms with Gasteiger partial charge >= 0.3 is 5.97 Å². The molecule has 0 bridgehead atoms. The van der Waals surface area contributed by atoms with Crippen molar-refractivity contribution in [2.75, 3.05) is 12.3 Å². The molecule has 18 heavy (non-hydrogen) atoms. The summed E-state index contributed by atoms with van der Waals surface area (Å²) in [5.74, 6) is -1.02. The number of fused-ring (bicyclic) bond motifs is 2. The smallest absolute Gasteiger partial charge is 0.354 e. The summed E-state index contributed by atoms with van der Waals surface area (Å²) in [6.07, 6.45) is 2.11. The molecular weight excluding hydrogens is 230 g/mol. The lowest BCUT2D eigenvalue weighted by Gasteiger charge is -2.05. The molecule has 0 spiro atoms. The van der Waals surface area contributed by atoms with Gasteiger partial charge in [-0.3, -0.25) is 0 Å². The molecule has 0 saturated heterocycles. The summed E-state index contributed by atoms with van der Waals surface area (Å²) < 4.78 is 0. The first kappa shape index (κ1) is 11.1. The van der Waals surface area contributed by atoms with Crippen LogP contribution in [0.3, 0.4) is 0 Å². The molecule has 1 aromatic carbocycles. The van der Waals surface area contributed by atoms with E-state index >= 15 is 0 Å². The van der Waals surface area contributed by atoms with Gasteiger partial charge in [0.05, 0.1) is 5.69 Å². The Bertz CT molecular complexity index is 631. The van der Waals surface area contributed by atoms with Gasteiger partial charge in [-0.25, -0.2) is 4.79 Å². The zero-order chi connectivity index (χ0) is 12.7. The van der Waals surface area contributed by atoms with E-state index in [9.17, 15) is 4.79 Å². The second kappa shape index (κ2) is 4.03. The maximum atomic E-state index is 11.0. The molecule has 2 aromatic rings. The van der Waals surface area contributed by atoms with Gasteiger partial charge in [0.25, 0.3) is 0 Å². The Balaban J connectivity index is 2.22. The molecule has 0 atom stereocenters. The minimum Gasteiger partial charge on any atom is -0.477 e. The zero-order valence-corrected chi connectivity index (χ0v) is 9.92. The van der Waals surface area contributed by atoms with Crippen molar-refractivity contribution >= 4 is 22.6 Å². The zero-order valence-electron chi connectivity index (χ0n) is 9.92. The molecule has 1 aliphatic rings. The van der Waals surface area contributed by atoms with E-state index in [1.54, 1.807) is 0 Å². The second-order valence-electron chi connectivity index (χ2n) is 4.67. The first-order valence-corrected chi connectivity index (χ1v) is 6.04. The maximum Gasteiger partial charge on any atom is 0.354 e. The van der Waals surface area contributed by atoms with Crippen molar-refractivity contribution in [3.05, 3.63) is 29.0 Å². The van der Waals surface area contributed by atoms with Crippen LogP contribution >= 0.6 is 0 Å². The number of aromatic amines is 1. The van der Waals surface area contributed by atoms with Crippen LogP contribution in [0.1, 0.15) is 28.0 Å². The molecule has 5 heteroatoms. The number of benzene rings is 1. The Morgan fingerprint density at radius 1 is 1.33 bits per heavy atom. The molecule has 0 unspecified atom stereocenters. The summed E-state index contributed by atoms with van der Waals surface area (Å²) in [6.45, 7) is 1.83. The molecule has 5 N–H and O–H groups in total. The van der Waals surface area contributed by atoms with Crippen molar-refractivity contribution in [1.29, 1.82) is 0 Å². The van der Waals surface area contributed by atoms with Crippen LogP contribution in [0.25, 0.3) is 10.9 Å². The molecule has 1 aliphatic heterocycles. The summed E-state index contributed by atoms with van der Waals surface area (Å²) >= 11 is 0. The van der Waals surface area contributed by atoms with Crippen molar-refractivity contribution in [3.8, 4) is 0 Å². The number of aromatic nitrogens is 1. The molecule has 2 heterocycles.